The van der Waals surface area contributed by atoms with E-state index in [1.54, 1.807) is 13.2 Å². The maximum atomic E-state index is 11.7. The van der Waals surface area contributed by atoms with E-state index in [2.05, 4.69) is 33.9 Å². The third-order valence-corrected chi connectivity index (χ3v) is 4.20. The van der Waals surface area contributed by atoms with Crippen molar-refractivity contribution < 1.29 is 4.79 Å². The predicted molar refractivity (Wildman–Crippen MR) is 84.5 cm³/mol. The number of carbonyl (C=O) groups excluding carboxylic acids is 1. The zero-order valence-electron chi connectivity index (χ0n) is 13.1. The van der Waals surface area contributed by atoms with E-state index in [4.69, 9.17) is 5.73 Å². The molecule has 0 unspecified atom stereocenters. The first kappa shape index (κ1) is 15.7. The smallest absolute Gasteiger partial charge is 0.269 e. The van der Waals surface area contributed by atoms with Crippen LogP contribution in [0.5, 0.6) is 0 Å². The molecule has 116 valence electrons. The summed E-state index contributed by atoms with van der Waals surface area (Å²) in [7, 11) is 1.62. The van der Waals surface area contributed by atoms with Gasteiger partial charge in [-0.3, -0.25) is 14.7 Å². The molecule has 1 saturated heterocycles. The lowest BCUT2D eigenvalue weighted by atomic mass is 10.0. The molecule has 1 aromatic rings. The molecule has 21 heavy (non-hydrogen) atoms. The molecule has 1 fully saturated rings. The van der Waals surface area contributed by atoms with E-state index >= 15 is 0 Å². The fourth-order valence-corrected chi connectivity index (χ4v) is 2.57. The lowest BCUT2D eigenvalue weighted by Crippen LogP contribution is -2.57. The molecule has 1 aromatic heterocycles. The first-order valence-electron chi connectivity index (χ1n) is 7.36. The van der Waals surface area contributed by atoms with E-state index in [0.29, 0.717) is 12.2 Å². The molecule has 0 radical (unpaired) electrons. The van der Waals surface area contributed by atoms with Crippen LogP contribution in [0.15, 0.2) is 18.3 Å². The molecular weight excluding hydrogens is 266 g/mol. The molecule has 2 heterocycles. The third kappa shape index (κ3) is 3.51. The van der Waals surface area contributed by atoms with Crippen molar-refractivity contribution in [2.45, 2.75) is 19.4 Å². The molecule has 0 bridgehead atoms. The first-order valence-corrected chi connectivity index (χ1v) is 7.36. The minimum atomic E-state index is -0.153. The molecule has 0 spiro atoms. The summed E-state index contributed by atoms with van der Waals surface area (Å²) in [6.45, 7) is 8.82. The predicted octanol–water partition coefficient (Wildman–Crippen LogP) is 0.301. The van der Waals surface area contributed by atoms with Gasteiger partial charge in [-0.25, -0.2) is 0 Å². The van der Waals surface area contributed by atoms with Gasteiger partial charge in [-0.05, 0) is 26.0 Å². The van der Waals surface area contributed by atoms with Gasteiger partial charge >= 0.3 is 0 Å². The number of rotatable bonds is 4. The number of nitrogens with two attached hydrogens (primary N) is 1. The van der Waals surface area contributed by atoms with Gasteiger partial charge in [0.15, 0.2) is 0 Å². The zero-order chi connectivity index (χ0) is 15.5. The summed E-state index contributed by atoms with van der Waals surface area (Å²) in [5, 5.41) is 2.60. The van der Waals surface area contributed by atoms with Crippen LogP contribution in [0.3, 0.4) is 0 Å². The number of hydrogen-bond acceptors (Lipinski definition) is 5. The maximum absolute atomic E-state index is 11.7. The standard InChI is InChI=1S/C15H25N5O/c1-15(2,11-16)20-8-6-19(7-9-20)12-4-5-18-13(10-12)14(21)17-3/h4-5,10H,6-9,11,16H2,1-3H3,(H,17,21). The third-order valence-electron chi connectivity index (χ3n) is 4.20. The molecule has 1 amide bonds. The van der Waals surface area contributed by atoms with Crippen LogP contribution in [0.25, 0.3) is 0 Å². The van der Waals surface area contributed by atoms with Crippen LogP contribution >= 0.6 is 0 Å². The Hall–Kier alpha value is -1.66. The molecule has 6 heteroatoms. The summed E-state index contributed by atoms with van der Waals surface area (Å²) in [5.41, 5.74) is 7.39. The minimum Gasteiger partial charge on any atom is -0.369 e. The minimum absolute atomic E-state index is 0.0393. The van der Waals surface area contributed by atoms with Gasteiger partial charge in [-0.1, -0.05) is 0 Å². The van der Waals surface area contributed by atoms with Gasteiger partial charge < -0.3 is 16.0 Å². The van der Waals surface area contributed by atoms with Gasteiger partial charge in [-0.2, -0.15) is 0 Å². The second-order valence-corrected chi connectivity index (χ2v) is 5.97. The number of amides is 1. The van der Waals surface area contributed by atoms with Gasteiger partial charge in [0, 0.05) is 57.2 Å². The van der Waals surface area contributed by atoms with Crippen LogP contribution in [0.2, 0.25) is 0 Å². The molecule has 3 N–H and O–H groups in total. The Morgan fingerprint density at radius 2 is 2.05 bits per heavy atom. The first-order chi connectivity index (χ1) is 9.97. The fourth-order valence-electron chi connectivity index (χ4n) is 2.57. The van der Waals surface area contributed by atoms with Crippen LogP contribution in [0.4, 0.5) is 5.69 Å². The number of nitrogens with zero attached hydrogens (tertiary/aromatic N) is 3. The van der Waals surface area contributed by atoms with Crippen LogP contribution in [-0.4, -0.2) is 61.1 Å². The van der Waals surface area contributed by atoms with Crippen molar-refractivity contribution >= 4 is 11.6 Å². The molecule has 1 aliphatic rings. The largest absolute Gasteiger partial charge is 0.369 e. The average molecular weight is 291 g/mol. The number of anilines is 1. The molecule has 2 rings (SSSR count). The van der Waals surface area contributed by atoms with Gasteiger partial charge in [0.1, 0.15) is 5.69 Å². The Morgan fingerprint density at radius 3 is 2.62 bits per heavy atom. The highest BCUT2D eigenvalue weighted by Crippen LogP contribution is 2.20. The summed E-state index contributed by atoms with van der Waals surface area (Å²) < 4.78 is 0. The number of piperazine rings is 1. The van der Waals surface area contributed by atoms with Crippen molar-refractivity contribution in [2.75, 3.05) is 44.7 Å². The Balaban J connectivity index is 2.04. The molecular formula is C15H25N5O. The van der Waals surface area contributed by atoms with Crippen molar-refractivity contribution in [1.29, 1.82) is 0 Å². The molecule has 0 atom stereocenters. The van der Waals surface area contributed by atoms with Gasteiger partial charge in [0.2, 0.25) is 0 Å². The summed E-state index contributed by atoms with van der Waals surface area (Å²) in [6.07, 6.45) is 1.69. The number of aromatic nitrogens is 1. The number of pyridine rings is 1. The Morgan fingerprint density at radius 1 is 1.38 bits per heavy atom. The number of nitrogens with one attached hydrogen (secondary N) is 1. The van der Waals surface area contributed by atoms with Crippen molar-refractivity contribution in [3.63, 3.8) is 0 Å². The molecule has 1 aliphatic heterocycles. The van der Waals surface area contributed by atoms with E-state index in [0.717, 1.165) is 31.9 Å². The summed E-state index contributed by atoms with van der Waals surface area (Å²) in [4.78, 5) is 20.5. The van der Waals surface area contributed by atoms with Crippen LogP contribution < -0.4 is 16.0 Å². The van der Waals surface area contributed by atoms with Crippen LogP contribution in [-0.2, 0) is 0 Å². The molecule has 0 aliphatic carbocycles. The second-order valence-electron chi connectivity index (χ2n) is 5.97. The molecule has 6 nitrogen and oxygen atoms in total. The number of carbonyl (C=O) groups is 1. The Labute approximate surface area is 126 Å². The highest BCUT2D eigenvalue weighted by atomic mass is 16.1. The van der Waals surface area contributed by atoms with Gasteiger partial charge in [-0.15, -0.1) is 0 Å². The van der Waals surface area contributed by atoms with E-state index in [9.17, 15) is 4.79 Å². The SMILES string of the molecule is CNC(=O)c1cc(N2CCN(C(C)(C)CN)CC2)ccn1. The normalized spacial score (nSPS) is 16.9. The van der Waals surface area contributed by atoms with Crippen LogP contribution in [0.1, 0.15) is 24.3 Å². The maximum Gasteiger partial charge on any atom is 0.269 e. The average Bonchev–Trinajstić information content (AvgIpc) is 2.54. The number of hydrogen-bond donors (Lipinski definition) is 2. The van der Waals surface area contributed by atoms with Gasteiger partial charge in [0.25, 0.3) is 5.91 Å². The fraction of sp³-hybridized carbons (Fsp3) is 0.600. The van der Waals surface area contributed by atoms with E-state index in [-0.39, 0.29) is 11.4 Å². The van der Waals surface area contributed by atoms with Crippen molar-refractivity contribution in [3.05, 3.63) is 24.0 Å². The second kappa shape index (κ2) is 6.41. The lowest BCUT2D eigenvalue weighted by molar-refractivity contribution is 0.0958. The summed E-state index contributed by atoms with van der Waals surface area (Å²) >= 11 is 0. The van der Waals surface area contributed by atoms with Crippen molar-refractivity contribution in [2.24, 2.45) is 5.73 Å². The Kier molecular flexibility index (Phi) is 4.80. The van der Waals surface area contributed by atoms with E-state index in [1.165, 1.54) is 0 Å². The van der Waals surface area contributed by atoms with Crippen LogP contribution in [0, 0.1) is 0 Å². The lowest BCUT2D eigenvalue weighted by Gasteiger charge is -2.44. The highest BCUT2D eigenvalue weighted by molar-refractivity contribution is 5.92. The quantitative estimate of drug-likeness (QED) is 0.834. The van der Waals surface area contributed by atoms with Crippen molar-refractivity contribution in [3.8, 4) is 0 Å². The monoisotopic (exact) mass is 291 g/mol. The van der Waals surface area contributed by atoms with Gasteiger partial charge in [0.05, 0.1) is 0 Å². The molecule has 0 saturated carbocycles. The Bertz CT molecular complexity index is 495. The summed E-state index contributed by atoms with van der Waals surface area (Å²) in [6, 6.07) is 3.80. The topological polar surface area (TPSA) is 74.5 Å². The zero-order valence-corrected chi connectivity index (χ0v) is 13.1. The highest BCUT2D eigenvalue weighted by Gasteiger charge is 2.28. The van der Waals surface area contributed by atoms with Crippen molar-refractivity contribution in [1.82, 2.24) is 15.2 Å². The van der Waals surface area contributed by atoms with E-state index in [1.807, 2.05) is 12.1 Å². The van der Waals surface area contributed by atoms with E-state index < -0.39 is 0 Å². The molecule has 0 aromatic carbocycles. The summed E-state index contributed by atoms with van der Waals surface area (Å²) in [5.74, 6) is -0.153.